The molecule has 2 aromatic rings. The van der Waals surface area contributed by atoms with Crippen molar-refractivity contribution in [2.24, 2.45) is 0 Å². The molecule has 4 heteroatoms. The van der Waals surface area contributed by atoms with Crippen LogP contribution in [0.2, 0.25) is 0 Å². The van der Waals surface area contributed by atoms with Crippen LogP contribution in [0.5, 0.6) is 0 Å². The van der Waals surface area contributed by atoms with E-state index in [1.807, 2.05) is 6.20 Å². The highest BCUT2D eigenvalue weighted by molar-refractivity contribution is 5.77. The van der Waals surface area contributed by atoms with Gasteiger partial charge in [0.05, 0.1) is 18.3 Å². The predicted molar refractivity (Wildman–Crippen MR) is 56.7 cm³/mol. The molecule has 1 fully saturated rings. The number of rotatable bonds is 1. The van der Waals surface area contributed by atoms with E-state index in [1.54, 1.807) is 6.20 Å². The summed E-state index contributed by atoms with van der Waals surface area (Å²) in [4.78, 5) is 4.26. The van der Waals surface area contributed by atoms with Crippen LogP contribution in [0, 0.1) is 0 Å². The molecule has 1 saturated heterocycles. The van der Waals surface area contributed by atoms with E-state index >= 15 is 0 Å². The molecule has 0 aromatic carbocycles. The Bertz CT molecular complexity index is 460. The van der Waals surface area contributed by atoms with Gasteiger partial charge in [0, 0.05) is 18.7 Å². The third-order valence-corrected chi connectivity index (χ3v) is 2.98. The van der Waals surface area contributed by atoms with Crippen molar-refractivity contribution in [3.8, 4) is 0 Å². The summed E-state index contributed by atoms with van der Waals surface area (Å²) in [5.41, 5.74) is 3.29. The van der Waals surface area contributed by atoms with Gasteiger partial charge in [-0.2, -0.15) is 5.10 Å². The summed E-state index contributed by atoms with van der Waals surface area (Å²) in [5, 5.41) is 7.05. The monoisotopic (exact) mass is 203 g/mol. The number of nitrogens with one attached hydrogen (secondary N) is 1. The van der Waals surface area contributed by atoms with Crippen LogP contribution in [-0.2, 0) is 4.74 Å². The third kappa shape index (κ3) is 1.51. The lowest BCUT2D eigenvalue weighted by Gasteiger charge is -2.22. The second-order valence-corrected chi connectivity index (χ2v) is 3.94. The first kappa shape index (κ1) is 8.85. The molecule has 1 aliphatic rings. The summed E-state index contributed by atoms with van der Waals surface area (Å²) in [5.74, 6) is 0.490. The highest BCUT2D eigenvalue weighted by Gasteiger charge is 2.18. The molecule has 15 heavy (non-hydrogen) atoms. The van der Waals surface area contributed by atoms with Crippen LogP contribution in [0.4, 0.5) is 0 Å². The molecule has 1 N–H and O–H groups in total. The van der Waals surface area contributed by atoms with Crippen LogP contribution >= 0.6 is 0 Å². The topological polar surface area (TPSA) is 50.8 Å². The van der Waals surface area contributed by atoms with E-state index in [9.17, 15) is 0 Å². The fourth-order valence-electron chi connectivity index (χ4n) is 2.20. The van der Waals surface area contributed by atoms with E-state index in [0.717, 1.165) is 30.7 Å². The average molecular weight is 203 g/mol. The Morgan fingerprint density at radius 1 is 1.47 bits per heavy atom. The van der Waals surface area contributed by atoms with Crippen molar-refractivity contribution in [3.63, 3.8) is 0 Å². The van der Waals surface area contributed by atoms with Gasteiger partial charge >= 0.3 is 0 Å². The maximum Gasteiger partial charge on any atom is 0.108 e. The molecule has 1 atom stereocenters. The maximum atomic E-state index is 5.51. The maximum absolute atomic E-state index is 5.51. The van der Waals surface area contributed by atoms with Crippen molar-refractivity contribution >= 4 is 11.0 Å². The Morgan fingerprint density at radius 2 is 2.47 bits per heavy atom. The van der Waals surface area contributed by atoms with Gasteiger partial charge in [-0.15, -0.1) is 0 Å². The minimum absolute atomic E-state index is 0.490. The quantitative estimate of drug-likeness (QED) is 0.769. The van der Waals surface area contributed by atoms with Gasteiger partial charge in [0.25, 0.3) is 0 Å². The lowest BCUT2D eigenvalue weighted by molar-refractivity contribution is 0.0807. The van der Waals surface area contributed by atoms with Crippen LogP contribution in [0.15, 0.2) is 18.5 Å². The lowest BCUT2D eigenvalue weighted by atomic mass is 9.93. The van der Waals surface area contributed by atoms with E-state index in [4.69, 9.17) is 4.74 Å². The molecule has 78 valence electrons. The molecule has 0 saturated carbocycles. The minimum Gasteiger partial charge on any atom is -0.381 e. The molecular weight excluding hydrogens is 190 g/mol. The van der Waals surface area contributed by atoms with E-state index in [-0.39, 0.29) is 0 Å². The van der Waals surface area contributed by atoms with E-state index in [2.05, 4.69) is 21.2 Å². The molecule has 0 aliphatic carbocycles. The number of pyridine rings is 1. The van der Waals surface area contributed by atoms with Crippen LogP contribution < -0.4 is 0 Å². The minimum atomic E-state index is 0.490. The van der Waals surface area contributed by atoms with Crippen molar-refractivity contribution in [1.29, 1.82) is 0 Å². The van der Waals surface area contributed by atoms with Crippen LogP contribution in [0.25, 0.3) is 11.0 Å². The lowest BCUT2D eigenvalue weighted by Crippen LogP contribution is -2.15. The fourth-order valence-corrected chi connectivity index (χ4v) is 2.20. The fraction of sp³-hybridized carbons (Fsp3) is 0.455. The number of aromatic amines is 1. The number of hydrogen-bond acceptors (Lipinski definition) is 3. The van der Waals surface area contributed by atoms with Crippen LogP contribution in [-0.4, -0.2) is 28.4 Å². The molecule has 1 unspecified atom stereocenters. The molecular formula is C11H13N3O. The van der Waals surface area contributed by atoms with Crippen molar-refractivity contribution in [2.45, 2.75) is 18.8 Å². The zero-order chi connectivity index (χ0) is 10.1. The molecule has 1 aliphatic heterocycles. The number of fused-ring (bicyclic) bond motifs is 1. The van der Waals surface area contributed by atoms with Crippen molar-refractivity contribution in [1.82, 2.24) is 15.2 Å². The van der Waals surface area contributed by atoms with Gasteiger partial charge in [-0.3, -0.25) is 10.1 Å². The summed E-state index contributed by atoms with van der Waals surface area (Å²) in [7, 11) is 0. The van der Waals surface area contributed by atoms with Gasteiger partial charge in [-0.25, -0.2) is 0 Å². The molecule has 3 rings (SSSR count). The molecule has 0 radical (unpaired) electrons. The second-order valence-electron chi connectivity index (χ2n) is 3.94. The summed E-state index contributed by atoms with van der Waals surface area (Å²) in [6.45, 7) is 1.71. The van der Waals surface area contributed by atoms with Gasteiger partial charge in [0.1, 0.15) is 5.52 Å². The number of nitrogens with zero attached hydrogens (tertiary/aromatic N) is 2. The Labute approximate surface area is 87.7 Å². The van der Waals surface area contributed by atoms with Gasteiger partial charge in [-0.1, -0.05) is 0 Å². The number of hydrogen-bond donors (Lipinski definition) is 1. The van der Waals surface area contributed by atoms with Crippen molar-refractivity contribution in [3.05, 3.63) is 24.0 Å². The summed E-state index contributed by atoms with van der Waals surface area (Å²) < 4.78 is 5.51. The van der Waals surface area contributed by atoms with Crippen molar-refractivity contribution < 1.29 is 4.74 Å². The Hall–Kier alpha value is -1.42. The summed E-state index contributed by atoms with van der Waals surface area (Å²) >= 11 is 0. The normalized spacial score (nSPS) is 22.0. The number of H-pyrrole nitrogens is 1. The zero-order valence-electron chi connectivity index (χ0n) is 8.44. The Morgan fingerprint density at radius 3 is 3.33 bits per heavy atom. The van der Waals surface area contributed by atoms with E-state index < -0.39 is 0 Å². The first-order valence-corrected chi connectivity index (χ1v) is 5.31. The average Bonchev–Trinajstić information content (AvgIpc) is 2.78. The second kappa shape index (κ2) is 3.62. The van der Waals surface area contributed by atoms with Gasteiger partial charge in [-0.05, 0) is 24.5 Å². The Kier molecular flexibility index (Phi) is 2.14. The van der Waals surface area contributed by atoms with Crippen LogP contribution in [0.3, 0.4) is 0 Å². The summed E-state index contributed by atoms with van der Waals surface area (Å²) in [6, 6.07) is 2.07. The van der Waals surface area contributed by atoms with Gasteiger partial charge in [0.2, 0.25) is 0 Å². The van der Waals surface area contributed by atoms with E-state index in [1.165, 1.54) is 12.0 Å². The SMILES string of the molecule is c1cc(C2CCCOC2)c2[nH]ncc2n1. The predicted octanol–water partition coefficient (Wildman–Crippen LogP) is 1.85. The number of ether oxygens (including phenoxy) is 1. The first-order valence-electron chi connectivity index (χ1n) is 5.31. The zero-order valence-corrected chi connectivity index (χ0v) is 8.44. The number of aromatic nitrogens is 3. The molecule has 3 heterocycles. The molecule has 0 spiro atoms. The largest absolute Gasteiger partial charge is 0.381 e. The molecule has 0 bridgehead atoms. The van der Waals surface area contributed by atoms with E-state index in [0.29, 0.717) is 5.92 Å². The summed E-state index contributed by atoms with van der Waals surface area (Å²) in [6.07, 6.45) is 5.95. The van der Waals surface area contributed by atoms with Crippen molar-refractivity contribution in [2.75, 3.05) is 13.2 Å². The molecule has 2 aromatic heterocycles. The van der Waals surface area contributed by atoms with Gasteiger partial charge in [0.15, 0.2) is 0 Å². The highest BCUT2D eigenvalue weighted by Crippen LogP contribution is 2.28. The molecule has 4 nitrogen and oxygen atoms in total. The smallest absolute Gasteiger partial charge is 0.108 e. The highest BCUT2D eigenvalue weighted by atomic mass is 16.5. The van der Waals surface area contributed by atoms with Crippen LogP contribution in [0.1, 0.15) is 24.3 Å². The Balaban J connectivity index is 2.05. The van der Waals surface area contributed by atoms with Gasteiger partial charge < -0.3 is 4.74 Å². The first-order chi connectivity index (χ1) is 7.45. The standard InChI is InChI=1S/C11H13N3O/c1-2-8(7-15-5-1)9-3-4-12-10-6-13-14-11(9)10/h3-4,6,8H,1-2,5,7H2,(H,13,14). The molecule has 0 amide bonds. The third-order valence-electron chi connectivity index (χ3n) is 2.98.